The Morgan fingerprint density at radius 3 is 2.22 bits per heavy atom. The Bertz CT molecular complexity index is 579. The van der Waals surface area contributed by atoms with E-state index in [0.29, 0.717) is 0 Å². The standard InChI is InChI=1S/C23H39NO2.ClH/c1-21(2,3)18-9-7-17(8-10-18)20(26)11-12-24-16-23(6)14-19(25)13-22(4,5)15-23;/h7-10,19-20,24-26H,11-16H2,1-6H3;1H. The highest BCUT2D eigenvalue weighted by molar-refractivity contribution is 5.28. The van der Waals surface area contributed by atoms with Gasteiger partial charge in [0, 0.05) is 11.8 Å². The van der Waals surface area contributed by atoms with Crippen LogP contribution in [-0.2, 0) is 5.41 Å². The molecule has 1 fully saturated rings. The lowest BCUT2D eigenvalue weighted by molar-refractivity contribution is -0.668. The molecule has 3 nitrogen and oxygen atoms in total. The molecule has 4 heteroatoms. The second-order valence-electron chi connectivity index (χ2n) is 10.7. The maximum atomic E-state index is 10.5. The highest BCUT2D eigenvalue weighted by atomic mass is 35.5. The molecule has 0 aliphatic heterocycles. The molecular weight excluding hydrogens is 358 g/mol. The van der Waals surface area contributed by atoms with E-state index in [4.69, 9.17) is 0 Å². The summed E-state index contributed by atoms with van der Waals surface area (Å²) in [6, 6.07) is 8.39. The van der Waals surface area contributed by atoms with Crippen LogP contribution in [0, 0.1) is 10.8 Å². The Hall–Kier alpha value is -0.610. The van der Waals surface area contributed by atoms with Gasteiger partial charge in [0.15, 0.2) is 0 Å². The van der Waals surface area contributed by atoms with E-state index < -0.39 is 6.10 Å². The average molecular weight is 398 g/mol. The highest BCUT2D eigenvalue weighted by Crippen LogP contribution is 2.45. The summed E-state index contributed by atoms with van der Waals surface area (Å²) in [5, 5.41) is 23.0. The average Bonchev–Trinajstić information content (AvgIpc) is 2.48. The van der Waals surface area contributed by atoms with Crippen molar-refractivity contribution in [1.82, 2.24) is 0 Å². The van der Waals surface area contributed by atoms with Crippen molar-refractivity contribution >= 4 is 0 Å². The van der Waals surface area contributed by atoms with Gasteiger partial charge in [-0.3, -0.25) is 0 Å². The fourth-order valence-electron chi connectivity index (χ4n) is 4.83. The van der Waals surface area contributed by atoms with Crippen molar-refractivity contribution in [3.8, 4) is 0 Å². The molecular formula is C23H40ClNO2. The predicted molar refractivity (Wildman–Crippen MR) is 108 cm³/mol. The summed E-state index contributed by atoms with van der Waals surface area (Å²) in [5.74, 6) is 0. The molecule has 1 aliphatic carbocycles. The van der Waals surface area contributed by atoms with Gasteiger partial charge in [0.05, 0.1) is 25.3 Å². The number of nitrogens with two attached hydrogens (primary N) is 1. The van der Waals surface area contributed by atoms with Gasteiger partial charge in [0.25, 0.3) is 0 Å². The first-order valence-corrected chi connectivity index (χ1v) is 10.2. The van der Waals surface area contributed by atoms with E-state index in [1.165, 1.54) is 5.56 Å². The second-order valence-corrected chi connectivity index (χ2v) is 10.7. The molecule has 2 rings (SSSR count). The lowest BCUT2D eigenvalue weighted by Crippen LogP contribution is -3.00. The summed E-state index contributed by atoms with van der Waals surface area (Å²) in [7, 11) is 0. The zero-order chi connectivity index (χ0) is 19.6. The molecule has 1 aliphatic rings. The van der Waals surface area contributed by atoms with Crippen molar-refractivity contribution < 1.29 is 27.9 Å². The van der Waals surface area contributed by atoms with Gasteiger partial charge in [-0.05, 0) is 41.2 Å². The van der Waals surface area contributed by atoms with Gasteiger partial charge in [-0.15, -0.1) is 0 Å². The molecule has 0 aromatic heterocycles. The van der Waals surface area contributed by atoms with Crippen LogP contribution in [0.2, 0.25) is 0 Å². The van der Waals surface area contributed by atoms with Crippen molar-refractivity contribution in [2.75, 3.05) is 13.1 Å². The van der Waals surface area contributed by atoms with Crippen LogP contribution >= 0.6 is 0 Å². The van der Waals surface area contributed by atoms with Crippen LogP contribution in [0.25, 0.3) is 0 Å². The minimum absolute atomic E-state index is 0. The van der Waals surface area contributed by atoms with Gasteiger partial charge in [-0.1, -0.05) is 65.8 Å². The molecule has 0 spiro atoms. The van der Waals surface area contributed by atoms with E-state index in [1.807, 2.05) is 0 Å². The van der Waals surface area contributed by atoms with Crippen molar-refractivity contribution in [2.24, 2.45) is 10.8 Å². The Labute approximate surface area is 172 Å². The Balaban J connectivity index is 0.00000364. The number of rotatable bonds is 6. The molecule has 3 atom stereocenters. The van der Waals surface area contributed by atoms with Crippen molar-refractivity contribution in [2.45, 2.75) is 84.8 Å². The molecule has 0 saturated heterocycles. The molecule has 4 N–H and O–H groups in total. The third-order valence-electron chi connectivity index (χ3n) is 5.86. The van der Waals surface area contributed by atoms with Crippen LogP contribution in [-0.4, -0.2) is 29.4 Å². The van der Waals surface area contributed by atoms with Crippen LogP contribution in [0.15, 0.2) is 24.3 Å². The molecule has 0 heterocycles. The minimum atomic E-state index is -0.401. The zero-order valence-corrected chi connectivity index (χ0v) is 18.8. The molecule has 156 valence electrons. The number of hydrogen-bond donors (Lipinski definition) is 3. The summed E-state index contributed by atoms with van der Waals surface area (Å²) < 4.78 is 0. The highest BCUT2D eigenvalue weighted by Gasteiger charge is 2.41. The van der Waals surface area contributed by atoms with Crippen LogP contribution in [0.4, 0.5) is 0 Å². The molecule has 3 unspecified atom stereocenters. The Kier molecular flexibility index (Phi) is 8.38. The topological polar surface area (TPSA) is 57.1 Å². The van der Waals surface area contributed by atoms with E-state index >= 15 is 0 Å². The molecule has 1 aromatic rings. The largest absolute Gasteiger partial charge is 1.00 e. The van der Waals surface area contributed by atoms with Gasteiger partial charge < -0.3 is 27.9 Å². The number of benzene rings is 1. The van der Waals surface area contributed by atoms with Gasteiger partial charge >= 0.3 is 0 Å². The monoisotopic (exact) mass is 397 g/mol. The van der Waals surface area contributed by atoms with Crippen LogP contribution in [0.3, 0.4) is 0 Å². The molecule has 0 radical (unpaired) electrons. The molecule has 27 heavy (non-hydrogen) atoms. The predicted octanol–water partition coefficient (Wildman–Crippen LogP) is 0.552. The zero-order valence-electron chi connectivity index (χ0n) is 18.1. The smallest absolute Gasteiger partial charge is 0.0843 e. The third-order valence-corrected chi connectivity index (χ3v) is 5.86. The number of halogens is 1. The van der Waals surface area contributed by atoms with Crippen molar-refractivity contribution in [1.29, 1.82) is 0 Å². The van der Waals surface area contributed by atoms with Gasteiger partial charge in [0.1, 0.15) is 0 Å². The maximum absolute atomic E-state index is 10.5. The second kappa shape index (κ2) is 9.26. The maximum Gasteiger partial charge on any atom is 0.0843 e. The first kappa shape index (κ1) is 24.4. The van der Waals surface area contributed by atoms with Crippen molar-refractivity contribution in [3.63, 3.8) is 0 Å². The number of aliphatic hydroxyl groups is 2. The van der Waals surface area contributed by atoms with Gasteiger partial charge in [-0.2, -0.15) is 0 Å². The Morgan fingerprint density at radius 1 is 1.11 bits per heavy atom. The lowest BCUT2D eigenvalue weighted by atomic mass is 9.63. The summed E-state index contributed by atoms with van der Waals surface area (Å²) >= 11 is 0. The van der Waals surface area contributed by atoms with Gasteiger partial charge in [0.2, 0.25) is 0 Å². The summed E-state index contributed by atoms with van der Waals surface area (Å²) in [6.07, 6.45) is 3.14. The van der Waals surface area contributed by atoms with Crippen LogP contribution in [0.1, 0.15) is 84.5 Å². The van der Waals surface area contributed by atoms with E-state index in [9.17, 15) is 10.2 Å². The quantitative estimate of drug-likeness (QED) is 0.614. The number of quaternary nitrogens is 1. The normalized spacial score (nSPS) is 26.3. The molecule has 1 aromatic carbocycles. The van der Waals surface area contributed by atoms with Crippen molar-refractivity contribution in [3.05, 3.63) is 35.4 Å². The third kappa shape index (κ3) is 7.38. The molecule has 1 saturated carbocycles. The first-order chi connectivity index (χ1) is 11.9. The summed E-state index contributed by atoms with van der Waals surface area (Å²) in [5.41, 5.74) is 2.85. The van der Waals surface area contributed by atoms with Gasteiger partial charge in [-0.25, -0.2) is 0 Å². The van der Waals surface area contributed by atoms with E-state index in [-0.39, 0.29) is 34.8 Å². The fraction of sp³-hybridized carbons (Fsp3) is 0.739. The Morgan fingerprint density at radius 2 is 1.70 bits per heavy atom. The lowest BCUT2D eigenvalue weighted by Gasteiger charge is -2.44. The number of aliphatic hydroxyl groups excluding tert-OH is 2. The summed E-state index contributed by atoms with van der Waals surface area (Å²) in [4.78, 5) is 0. The van der Waals surface area contributed by atoms with E-state index in [1.54, 1.807) is 0 Å². The SMILES string of the molecule is CC1(C)CC(O)CC(C)(C[NH2+]CCC(O)c2ccc(C(C)(C)C)cc2)C1.[Cl-]. The minimum Gasteiger partial charge on any atom is -1.00 e. The van der Waals surface area contributed by atoms with E-state index in [0.717, 1.165) is 44.3 Å². The molecule has 0 bridgehead atoms. The first-order valence-electron chi connectivity index (χ1n) is 10.2. The van der Waals surface area contributed by atoms with Crippen LogP contribution < -0.4 is 17.7 Å². The number of hydrogen-bond acceptors (Lipinski definition) is 2. The molecule has 0 amide bonds. The van der Waals surface area contributed by atoms with Crippen LogP contribution in [0.5, 0.6) is 0 Å². The van der Waals surface area contributed by atoms with E-state index in [2.05, 4.69) is 71.1 Å². The fourth-order valence-corrected chi connectivity index (χ4v) is 4.83. The summed E-state index contributed by atoms with van der Waals surface area (Å²) in [6.45, 7) is 15.4.